The van der Waals surface area contributed by atoms with E-state index in [9.17, 15) is 0 Å². The van der Waals surface area contributed by atoms with Gasteiger partial charge in [0.1, 0.15) is 0 Å². The van der Waals surface area contributed by atoms with Gasteiger partial charge in [0.05, 0.1) is 0 Å². The third-order valence-corrected chi connectivity index (χ3v) is 0. The molecule has 0 aromatic heterocycles. The Labute approximate surface area is 72.3 Å². The van der Waals surface area contributed by atoms with E-state index in [-0.39, 0.29) is 49.7 Å². The summed E-state index contributed by atoms with van der Waals surface area (Å²) >= 11 is 0. The van der Waals surface area contributed by atoms with Gasteiger partial charge in [-0.15, -0.1) is 0 Å². The van der Waals surface area contributed by atoms with Crippen LogP contribution in [0.25, 0.3) is 0 Å². The second-order valence-electron chi connectivity index (χ2n) is 0.283. The Morgan fingerprint density at radius 2 is 1.33 bits per heavy atom. The monoisotopic (exact) mass is 381 g/mol. The second kappa shape index (κ2) is 9.56. The number of hydrogen-bond donors (Lipinski definition) is 2. The number of rotatable bonds is 0. The molecule has 35 valence electrons. The molecule has 3 radical (unpaired) electrons. The molecule has 0 bridgehead atoms. The first kappa shape index (κ1) is 15.7. The molecule has 0 aliphatic heterocycles. The van der Waals surface area contributed by atoms with Crippen LogP contribution in [0.1, 0.15) is 0 Å². The summed E-state index contributed by atoms with van der Waals surface area (Å²) in [4.78, 5) is 14.3. The first-order valence-corrected chi connectivity index (χ1v) is 1.95. The summed E-state index contributed by atoms with van der Waals surface area (Å²) in [6.45, 7) is 0. The van der Waals surface area contributed by atoms with Crippen LogP contribution >= 0.6 is 0 Å². The minimum atomic E-state index is -3.13. The zero-order chi connectivity index (χ0) is 3.58. The fourth-order valence-electron chi connectivity index (χ4n) is 0. The van der Waals surface area contributed by atoms with Crippen LogP contribution in [0.5, 0.6) is 0 Å². The van der Waals surface area contributed by atoms with Gasteiger partial charge in [0.25, 0.3) is 0 Å². The van der Waals surface area contributed by atoms with Crippen molar-refractivity contribution in [3.63, 3.8) is 0 Å². The first-order valence-electron chi connectivity index (χ1n) is 0.651. The molecule has 0 unspecified atom stereocenters. The van der Waals surface area contributed by atoms with E-state index in [4.69, 9.17) is 14.1 Å². The molecule has 0 aliphatic carbocycles. The Morgan fingerprint density at radius 1 is 1.33 bits per heavy atom. The fourth-order valence-corrected chi connectivity index (χ4v) is 0. The molecule has 0 fully saturated rings. The van der Waals surface area contributed by atoms with Crippen LogP contribution in [0.15, 0.2) is 0 Å². The van der Waals surface area contributed by atoms with Gasteiger partial charge in [-0.25, -0.2) is 0 Å². The van der Waals surface area contributed by atoms with Crippen molar-refractivity contribution in [1.82, 2.24) is 0 Å². The van der Waals surface area contributed by atoms with Crippen LogP contribution in [0, 0.1) is 0 Å². The Morgan fingerprint density at radius 3 is 1.33 bits per heavy atom. The van der Waals surface area contributed by atoms with E-state index in [2.05, 4.69) is 0 Å². The summed E-state index contributed by atoms with van der Waals surface area (Å²) in [7, 11) is -3.13. The maximum atomic E-state index is 8.74. The average molecular weight is 380 g/mol. The van der Waals surface area contributed by atoms with Gasteiger partial charge < -0.3 is 9.59 Å². The van der Waals surface area contributed by atoms with Gasteiger partial charge in [0, 0.05) is 22.4 Å². The molecule has 0 amide bonds. The van der Waals surface area contributed by atoms with Gasteiger partial charge in [-0.05, 0) is 0 Å². The van der Waals surface area contributed by atoms with Gasteiger partial charge in [-0.3, -0.25) is 4.46 Å². The first-order chi connectivity index (χ1) is 1.73. The summed E-state index contributed by atoms with van der Waals surface area (Å²) in [6.07, 6.45) is 0. The van der Waals surface area contributed by atoms with E-state index in [0.717, 1.165) is 0 Å². The minimum absolute atomic E-state index is 0. The molecule has 0 aliphatic rings. The molecule has 3 nitrogen and oxygen atoms in total. The zero-order valence-electron chi connectivity index (χ0n) is 2.96. The van der Waals surface area contributed by atoms with Crippen molar-refractivity contribution >= 4 is 36.5 Å². The zero-order valence-corrected chi connectivity index (χ0v) is 11.7. The third-order valence-electron chi connectivity index (χ3n) is 0. The van der Waals surface area contributed by atoms with E-state index in [1.807, 2.05) is 0 Å². The van der Waals surface area contributed by atoms with Crippen molar-refractivity contribution in [2.24, 2.45) is 0 Å². The number of hydrogen-bond acceptors (Lipinski definition) is 1. The van der Waals surface area contributed by atoms with E-state index in [1.165, 1.54) is 0 Å². The van der Waals surface area contributed by atoms with Crippen LogP contribution in [-0.4, -0.2) is 46.1 Å². The van der Waals surface area contributed by atoms with Gasteiger partial charge in [0.2, 0.25) is 0 Å². The fraction of sp³-hybridized carbons (Fsp3) is 0. The van der Waals surface area contributed by atoms with E-state index in [1.54, 1.807) is 0 Å². The summed E-state index contributed by atoms with van der Waals surface area (Å²) in [5.41, 5.74) is 0. The molecule has 6 heteroatoms. The second-order valence-corrected chi connectivity index (χ2v) is 0.848. The predicted octanol–water partition coefficient (Wildman–Crippen LogP) is -2.53. The summed E-state index contributed by atoms with van der Waals surface area (Å²) in [6, 6.07) is 0. The Hall–Kier alpha value is 1.28. The molecule has 0 aromatic rings. The van der Waals surface area contributed by atoms with Crippen LogP contribution in [0.2, 0.25) is 0 Å². The van der Waals surface area contributed by atoms with Crippen LogP contribution in [-0.2, 0) is 26.8 Å². The third kappa shape index (κ3) is 59.1. The van der Waals surface area contributed by atoms with Crippen LogP contribution in [0.3, 0.4) is 0 Å². The van der Waals surface area contributed by atoms with Gasteiger partial charge >= 0.3 is 36.5 Å². The summed E-state index contributed by atoms with van der Waals surface area (Å²) in [5, 5.41) is 0. The van der Waals surface area contributed by atoms with Crippen molar-refractivity contribution in [1.29, 1.82) is 0 Å². The van der Waals surface area contributed by atoms with E-state index in [0.29, 0.717) is 0 Å². The van der Waals surface area contributed by atoms with Crippen LogP contribution < -0.4 is 0 Å². The average Bonchev–Trinajstić information content (AvgIpc) is 0.811. The van der Waals surface area contributed by atoms with Crippen molar-refractivity contribution in [3.05, 3.63) is 0 Å². The molecule has 0 spiro atoms. The maximum absolute atomic E-state index is 8.74. The normalized spacial score (nSPS) is 4.00. The Balaban J connectivity index is -0.0000000450. The Kier molecular flexibility index (Phi) is 25.0. The molecule has 6 heavy (non-hydrogen) atoms. The quantitative estimate of drug-likeness (QED) is 0.456. The SMILES string of the molecule is O=[Si](O)O.[Nb].[PbH2]. The molecule has 0 rings (SSSR count). The van der Waals surface area contributed by atoms with Crippen LogP contribution in [0.4, 0.5) is 0 Å². The molecule has 0 saturated heterocycles. The molecule has 0 saturated carbocycles. The topological polar surface area (TPSA) is 57.5 Å². The van der Waals surface area contributed by atoms with Gasteiger partial charge in [0.15, 0.2) is 0 Å². The molecule has 0 atom stereocenters. The molecule has 2 N–H and O–H groups in total. The Bertz CT molecular complexity index is 33.8. The van der Waals surface area contributed by atoms with E-state index >= 15 is 0 Å². The van der Waals surface area contributed by atoms with Crippen molar-refractivity contribution in [3.8, 4) is 0 Å². The van der Waals surface area contributed by atoms with Crippen molar-refractivity contribution < 1.29 is 36.4 Å². The molecule has 0 aromatic carbocycles. The summed E-state index contributed by atoms with van der Waals surface area (Å²) in [5.74, 6) is 0. The predicted molar refractivity (Wildman–Crippen MR) is 19.4 cm³/mol. The van der Waals surface area contributed by atoms with E-state index < -0.39 is 9.17 Å². The van der Waals surface area contributed by atoms with Gasteiger partial charge in [-0.2, -0.15) is 0 Å². The van der Waals surface area contributed by atoms with Crippen molar-refractivity contribution in [2.45, 2.75) is 0 Å². The molecular weight excluding hydrogens is 376 g/mol. The standard InChI is InChI=1S/Nb.H2O3Si.Pb.2H/c;1-4(2)3;;;/h;1-2H;;;. The molecular formula is H4NbO3PbSi. The molecule has 0 heterocycles. The summed E-state index contributed by atoms with van der Waals surface area (Å²) < 4.78 is 8.74. The van der Waals surface area contributed by atoms with Crippen molar-refractivity contribution in [2.75, 3.05) is 0 Å². The van der Waals surface area contributed by atoms with Gasteiger partial charge in [-0.1, -0.05) is 0 Å².